The molecule has 6 heteroatoms. The zero-order valence-electron chi connectivity index (χ0n) is 13.5. The van der Waals surface area contributed by atoms with E-state index in [1.807, 2.05) is 30.3 Å². The molecule has 0 spiro atoms. The molecule has 1 fully saturated rings. The van der Waals surface area contributed by atoms with Crippen LogP contribution in [0.15, 0.2) is 46.9 Å². The number of nitrogens with one attached hydrogen (secondary N) is 2. The van der Waals surface area contributed by atoms with E-state index in [1.165, 1.54) is 4.90 Å². The highest BCUT2D eigenvalue weighted by Gasteiger charge is 2.20. The van der Waals surface area contributed by atoms with Crippen LogP contribution in [-0.4, -0.2) is 39.1 Å². The van der Waals surface area contributed by atoms with Crippen molar-refractivity contribution in [1.29, 1.82) is 0 Å². The van der Waals surface area contributed by atoms with Crippen molar-refractivity contribution < 1.29 is 9.69 Å². The maximum Gasteiger partial charge on any atom is 0.255 e. The predicted molar refractivity (Wildman–Crippen MR) is 102 cm³/mol. The van der Waals surface area contributed by atoms with Gasteiger partial charge in [0.05, 0.1) is 44.6 Å². The number of piperazine rings is 1. The monoisotopic (exact) mass is 408 g/mol. The number of hydrogen-bond donors (Lipinski definition) is 2. The van der Waals surface area contributed by atoms with Crippen LogP contribution in [0.4, 0.5) is 11.4 Å². The first-order valence-corrected chi connectivity index (χ1v) is 9.13. The fourth-order valence-corrected chi connectivity index (χ4v) is 3.41. The molecule has 0 aromatic heterocycles. The molecule has 3 rings (SSSR count). The van der Waals surface area contributed by atoms with Gasteiger partial charge in [0.2, 0.25) is 0 Å². The molecule has 1 aliphatic rings. The lowest BCUT2D eigenvalue weighted by Gasteiger charge is -2.33. The largest absolute Gasteiger partial charge is 0.359 e. The minimum Gasteiger partial charge on any atom is -0.359 e. The Balaban J connectivity index is 1.84. The van der Waals surface area contributed by atoms with E-state index in [4.69, 9.17) is 11.6 Å². The van der Waals surface area contributed by atoms with Gasteiger partial charge in [0.25, 0.3) is 5.91 Å². The van der Waals surface area contributed by atoms with Crippen molar-refractivity contribution in [3.63, 3.8) is 0 Å². The van der Waals surface area contributed by atoms with Crippen LogP contribution in [0, 0.1) is 0 Å². The molecular weight excluding hydrogens is 390 g/mol. The molecule has 24 heavy (non-hydrogen) atoms. The number of quaternary nitrogens is 1. The molecule has 2 aromatic carbocycles. The fraction of sp³-hybridized carbons (Fsp3) is 0.278. The van der Waals surface area contributed by atoms with Crippen LogP contribution < -0.4 is 15.1 Å². The number of halogens is 2. The molecule has 2 aromatic rings. The molecule has 1 amide bonds. The summed E-state index contributed by atoms with van der Waals surface area (Å²) in [4.78, 5) is 16.4. The quantitative estimate of drug-likeness (QED) is 0.818. The molecule has 0 aliphatic carbocycles. The van der Waals surface area contributed by atoms with Crippen LogP contribution in [-0.2, 0) is 0 Å². The lowest BCUT2D eigenvalue weighted by molar-refractivity contribution is -0.880. The van der Waals surface area contributed by atoms with Gasteiger partial charge in [0.1, 0.15) is 0 Å². The molecule has 1 heterocycles. The SMILES string of the molecule is C[NH+]1CCN(c2ccc(Cl)cc2NC(=O)c2cccc(Br)c2)CC1. The summed E-state index contributed by atoms with van der Waals surface area (Å²) in [5.41, 5.74) is 2.39. The summed E-state index contributed by atoms with van der Waals surface area (Å²) in [5.74, 6) is -0.139. The highest BCUT2D eigenvalue weighted by atomic mass is 79.9. The van der Waals surface area contributed by atoms with E-state index in [2.05, 4.69) is 33.2 Å². The number of rotatable bonds is 3. The highest BCUT2D eigenvalue weighted by molar-refractivity contribution is 9.10. The van der Waals surface area contributed by atoms with Crippen molar-refractivity contribution in [2.75, 3.05) is 43.4 Å². The molecule has 1 aliphatic heterocycles. The number of likely N-dealkylation sites (N-methyl/N-ethyl adjacent to an activating group) is 1. The molecule has 0 atom stereocenters. The number of hydrogen-bond acceptors (Lipinski definition) is 2. The Morgan fingerprint density at radius 1 is 1.21 bits per heavy atom. The number of carbonyl (C=O) groups is 1. The van der Waals surface area contributed by atoms with Crippen molar-refractivity contribution in [2.24, 2.45) is 0 Å². The second-order valence-electron chi connectivity index (χ2n) is 6.07. The summed E-state index contributed by atoms with van der Waals surface area (Å²) in [6.45, 7) is 4.10. The Morgan fingerprint density at radius 3 is 2.67 bits per heavy atom. The normalized spacial score (nSPS) is 15.4. The molecule has 0 saturated carbocycles. The molecular formula is C18H20BrClN3O+. The zero-order valence-corrected chi connectivity index (χ0v) is 15.8. The number of carbonyl (C=O) groups excluding carboxylic acids is 1. The Hall–Kier alpha value is -1.56. The predicted octanol–water partition coefficient (Wildman–Crippen LogP) is 2.69. The minimum absolute atomic E-state index is 0.139. The van der Waals surface area contributed by atoms with Gasteiger partial charge in [0, 0.05) is 15.1 Å². The third-order valence-electron chi connectivity index (χ3n) is 4.25. The van der Waals surface area contributed by atoms with E-state index >= 15 is 0 Å². The van der Waals surface area contributed by atoms with Gasteiger partial charge >= 0.3 is 0 Å². The van der Waals surface area contributed by atoms with Crippen molar-refractivity contribution >= 4 is 44.8 Å². The van der Waals surface area contributed by atoms with E-state index in [1.54, 1.807) is 12.1 Å². The summed E-state index contributed by atoms with van der Waals surface area (Å²) in [5, 5.41) is 3.62. The standard InChI is InChI=1S/C18H19BrClN3O/c1-22-7-9-23(10-8-22)17-6-5-15(20)12-16(17)21-18(24)13-3-2-4-14(19)11-13/h2-6,11-12H,7-10H2,1H3,(H,21,24)/p+1. The maximum atomic E-state index is 12.6. The Morgan fingerprint density at radius 2 is 1.96 bits per heavy atom. The summed E-state index contributed by atoms with van der Waals surface area (Å²) in [6, 6.07) is 13.0. The number of anilines is 2. The van der Waals surface area contributed by atoms with Crippen molar-refractivity contribution in [3.8, 4) is 0 Å². The van der Waals surface area contributed by atoms with Gasteiger partial charge < -0.3 is 15.1 Å². The number of amides is 1. The van der Waals surface area contributed by atoms with E-state index < -0.39 is 0 Å². The summed E-state index contributed by atoms with van der Waals surface area (Å²) >= 11 is 9.55. The second-order valence-corrected chi connectivity index (χ2v) is 7.42. The zero-order chi connectivity index (χ0) is 17.1. The van der Waals surface area contributed by atoms with Crippen LogP contribution in [0.2, 0.25) is 5.02 Å². The van der Waals surface area contributed by atoms with Crippen LogP contribution in [0.5, 0.6) is 0 Å². The molecule has 1 saturated heterocycles. The van der Waals surface area contributed by atoms with Gasteiger partial charge in [-0.15, -0.1) is 0 Å². The van der Waals surface area contributed by atoms with Gasteiger partial charge in [-0.05, 0) is 36.4 Å². The van der Waals surface area contributed by atoms with Crippen LogP contribution in [0.25, 0.3) is 0 Å². The van der Waals surface area contributed by atoms with Crippen LogP contribution in [0.3, 0.4) is 0 Å². The summed E-state index contributed by atoms with van der Waals surface area (Å²) in [6.07, 6.45) is 0. The summed E-state index contributed by atoms with van der Waals surface area (Å²) in [7, 11) is 2.20. The van der Waals surface area contributed by atoms with Gasteiger partial charge in [-0.2, -0.15) is 0 Å². The van der Waals surface area contributed by atoms with Crippen molar-refractivity contribution in [3.05, 3.63) is 57.5 Å². The Kier molecular flexibility index (Phi) is 5.43. The van der Waals surface area contributed by atoms with Gasteiger partial charge in [-0.25, -0.2) is 0 Å². The molecule has 126 valence electrons. The number of benzene rings is 2. The lowest BCUT2D eigenvalue weighted by Crippen LogP contribution is -3.12. The third-order valence-corrected chi connectivity index (χ3v) is 4.98. The first kappa shape index (κ1) is 17.3. The van der Waals surface area contributed by atoms with Gasteiger partial charge in [-0.1, -0.05) is 33.6 Å². The lowest BCUT2D eigenvalue weighted by atomic mass is 10.2. The average Bonchev–Trinajstić information content (AvgIpc) is 2.56. The topological polar surface area (TPSA) is 36.8 Å². The molecule has 0 unspecified atom stereocenters. The number of nitrogens with zero attached hydrogens (tertiary/aromatic N) is 1. The second kappa shape index (κ2) is 7.55. The minimum atomic E-state index is -0.139. The molecule has 4 nitrogen and oxygen atoms in total. The molecule has 0 bridgehead atoms. The van der Waals surface area contributed by atoms with E-state index in [0.29, 0.717) is 10.6 Å². The van der Waals surface area contributed by atoms with E-state index in [0.717, 1.165) is 42.0 Å². The van der Waals surface area contributed by atoms with Gasteiger partial charge in [-0.3, -0.25) is 4.79 Å². The van der Waals surface area contributed by atoms with Crippen LogP contribution in [0.1, 0.15) is 10.4 Å². The smallest absolute Gasteiger partial charge is 0.255 e. The fourth-order valence-electron chi connectivity index (χ4n) is 2.84. The Bertz CT molecular complexity index is 745. The Labute approximate surface area is 155 Å². The third kappa shape index (κ3) is 4.09. The van der Waals surface area contributed by atoms with Crippen LogP contribution >= 0.6 is 27.5 Å². The van der Waals surface area contributed by atoms with E-state index in [9.17, 15) is 4.79 Å². The van der Waals surface area contributed by atoms with E-state index in [-0.39, 0.29) is 5.91 Å². The highest BCUT2D eigenvalue weighted by Crippen LogP contribution is 2.30. The van der Waals surface area contributed by atoms with Crippen molar-refractivity contribution in [2.45, 2.75) is 0 Å². The first-order valence-electron chi connectivity index (χ1n) is 7.95. The maximum absolute atomic E-state index is 12.6. The van der Waals surface area contributed by atoms with Crippen molar-refractivity contribution in [1.82, 2.24) is 0 Å². The average molecular weight is 410 g/mol. The van der Waals surface area contributed by atoms with Gasteiger partial charge in [0.15, 0.2) is 0 Å². The molecule has 0 radical (unpaired) electrons. The summed E-state index contributed by atoms with van der Waals surface area (Å²) < 4.78 is 0.878. The molecule has 2 N–H and O–H groups in total. The first-order chi connectivity index (χ1) is 11.5.